The molecule has 1 aromatic rings. The fourth-order valence-electron chi connectivity index (χ4n) is 1.29. The molecule has 0 bridgehead atoms. The van der Waals surface area contributed by atoms with E-state index in [0.29, 0.717) is 6.42 Å². The first-order valence-electron chi connectivity index (χ1n) is 4.59. The lowest BCUT2D eigenvalue weighted by atomic mass is 9.87. The van der Waals surface area contributed by atoms with Gasteiger partial charge in [-0.3, -0.25) is 4.79 Å². The van der Waals surface area contributed by atoms with Gasteiger partial charge in [-0.05, 0) is 24.1 Å². The minimum Gasteiger partial charge on any atom is -0.497 e. The van der Waals surface area contributed by atoms with Crippen molar-refractivity contribution in [1.29, 1.82) is 0 Å². The first-order chi connectivity index (χ1) is 6.57. The Hall–Kier alpha value is -1.31. The summed E-state index contributed by atoms with van der Waals surface area (Å²) in [6.45, 7) is 3.76. The summed E-state index contributed by atoms with van der Waals surface area (Å²) < 4.78 is 5.05. The van der Waals surface area contributed by atoms with Crippen molar-refractivity contribution in [2.45, 2.75) is 20.3 Å². The third kappa shape index (κ3) is 2.87. The summed E-state index contributed by atoms with van der Waals surface area (Å²) in [5.41, 5.74) is 0.716. The van der Waals surface area contributed by atoms with E-state index in [-0.39, 0.29) is 0 Å². The molecule has 0 amide bonds. The first-order valence-corrected chi connectivity index (χ1v) is 4.59. The minimum absolute atomic E-state index is 0.408. The van der Waals surface area contributed by atoms with E-state index in [4.69, 9.17) is 4.74 Å². The van der Waals surface area contributed by atoms with Crippen LogP contribution in [0.2, 0.25) is 0 Å². The molecule has 0 saturated heterocycles. The van der Waals surface area contributed by atoms with E-state index in [1.54, 1.807) is 7.11 Å². The maximum absolute atomic E-state index is 10.6. The monoisotopic (exact) mass is 191 g/mol. The van der Waals surface area contributed by atoms with Crippen molar-refractivity contribution in [2.24, 2.45) is 5.41 Å². The lowest BCUT2D eigenvalue weighted by Gasteiger charge is -2.15. The van der Waals surface area contributed by atoms with E-state index in [0.717, 1.165) is 11.3 Å². The van der Waals surface area contributed by atoms with Crippen molar-refractivity contribution in [3.05, 3.63) is 29.8 Å². The maximum atomic E-state index is 10.6. The molecule has 1 radical (unpaired) electrons. The van der Waals surface area contributed by atoms with E-state index < -0.39 is 5.41 Å². The summed E-state index contributed by atoms with van der Waals surface area (Å²) in [5.74, 6) is 0.835. The molecule has 1 aromatic carbocycles. The smallest absolute Gasteiger partial charge is 0.204 e. The average Bonchev–Trinajstić information content (AvgIpc) is 2.19. The fourth-order valence-corrected chi connectivity index (χ4v) is 1.29. The van der Waals surface area contributed by atoms with Gasteiger partial charge in [0.1, 0.15) is 5.75 Å². The molecule has 0 aliphatic heterocycles. The Kier molecular flexibility index (Phi) is 3.28. The van der Waals surface area contributed by atoms with Crippen LogP contribution in [0, 0.1) is 5.41 Å². The van der Waals surface area contributed by atoms with Gasteiger partial charge in [0, 0.05) is 5.41 Å². The summed E-state index contributed by atoms with van der Waals surface area (Å²) in [6.07, 6.45) is 2.75. The zero-order chi connectivity index (χ0) is 10.6. The second-order valence-corrected chi connectivity index (χ2v) is 4.01. The van der Waals surface area contributed by atoms with Crippen molar-refractivity contribution in [2.75, 3.05) is 7.11 Å². The normalized spacial score (nSPS) is 11.1. The number of rotatable bonds is 4. The molecule has 14 heavy (non-hydrogen) atoms. The van der Waals surface area contributed by atoms with Crippen molar-refractivity contribution in [3.63, 3.8) is 0 Å². The zero-order valence-electron chi connectivity index (χ0n) is 8.83. The number of hydrogen-bond donors (Lipinski definition) is 0. The van der Waals surface area contributed by atoms with Crippen LogP contribution in [-0.4, -0.2) is 13.4 Å². The Bertz CT molecular complexity index is 299. The van der Waals surface area contributed by atoms with E-state index in [9.17, 15) is 4.79 Å². The highest BCUT2D eigenvalue weighted by atomic mass is 16.5. The Labute approximate surface area is 84.9 Å². The molecular weight excluding hydrogens is 176 g/mol. The van der Waals surface area contributed by atoms with Crippen LogP contribution < -0.4 is 4.74 Å². The molecule has 0 aromatic heterocycles. The Morgan fingerprint density at radius 3 is 2.29 bits per heavy atom. The summed E-state index contributed by atoms with van der Waals surface area (Å²) in [6, 6.07) is 7.74. The molecule has 0 saturated carbocycles. The molecule has 0 heterocycles. The van der Waals surface area contributed by atoms with Crippen LogP contribution in [0.4, 0.5) is 0 Å². The predicted octanol–water partition coefficient (Wildman–Crippen LogP) is 2.37. The van der Waals surface area contributed by atoms with E-state index >= 15 is 0 Å². The molecule has 0 spiro atoms. The number of ether oxygens (including phenoxy) is 1. The van der Waals surface area contributed by atoms with Gasteiger partial charge >= 0.3 is 0 Å². The predicted molar refractivity (Wildman–Crippen MR) is 56.2 cm³/mol. The van der Waals surface area contributed by atoms with Gasteiger partial charge in [-0.1, -0.05) is 26.0 Å². The zero-order valence-corrected chi connectivity index (χ0v) is 8.83. The molecule has 2 heteroatoms. The Balaban J connectivity index is 2.73. The summed E-state index contributed by atoms with van der Waals surface area (Å²) >= 11 is 0. The highest BCUT2D eigenvalue weighted by molar-refractivity contribution is 5.59. The fraction of sp³-hybridized carbons (Fsp3) is 0.417. The Morgan fingerprint density at radius 1 is 1.29 bits per heavy atom. The van der Waals surface area contributed by atoms with Crippen LogP contribution in [0.25, 0.3) is 0 Å². The van der Waals surface area contributed by atoms with Crippen molar-refractivity contribution in [1.82, 2.24) is 0 Å². The highest BCUT2D eigenvalue weighted by Gasteiger charge is 2.18. The quantitative estimate of drug-likeness (QED) is 0.730. The molecule has 0 fully saturated rings. The van der Waals surface area contributed by atoms with Gasteiger partial charge in [-0.15, -0.1) is 0 Å². The van der Waals surface area contributed by atoms with Crippen LogP contribution >= 0.6 is 0 Å². The number of hydrogen-bond acceptors (Lipinski definition) is 2. The lowest BCUT2D eigenvalue weighted by Crippen LogP contribution is -2.16. The van der Waals surface area contributed by atoms with Crippen molar-refractivity contribution >= 4 is 6.29 Å². The minimum atomic E-state index is -0.408. The van der Waals surface area contributed by atoms with Gasteiger partial charge in [0.05, 0.1) is 7.11 Å². The average molecular weight is 191 g/mol. The number of carbonyl (C=O) groups excluding carboxylic acids is 1. The van der Waals surface area contributed by atoms with Gasteiger partial charge in [0.2, 0.25) is 6.29 Å². The van der Waals surface area contributed by atoms with Crippen LogP contribution in [0.1, 0.15) is 19.4 Å². The third-order valence-corrected chi connectivity index (χ3v) is 2.08. The second kappa shape index (κ2) is 4.27. The Morgan fingerprint density at radius 2 is 1.86 bits per heavy atom. The van der Waals surface area contributed by atoms with Crippen LogP contribution in [-0.2, 0) is 11.2 Å². The standard InChI is InChI=1S/C12H15O2/c1-12(2,9-13)8-10-4-6-11(14-3)7-5-10/h4-7H,8H2,1-3H3. The number of methoxy groups -OCH3 is 1. The summed E-state index contributed by atoms with van der Waals surface area (Å²) in [7, 11) is 1.64. The van der Waals surface area contributed by atoms with Crippen molar-refractivity contribution in [3.8, 4) is 5.75 Å². The lowest BCUT2D eigenvalue weighted by molar-refractivity contribution is 0.414. The topological polar surface area (TPSA) is 26.3 Å². The van der Waals surface area contributed by atoms with Gasteiger partial charge in [-0.2, -0.15) is 0 Å². The van der Waals surface area contributed by atoms with Gasteiger partial charge < -0.3 is 4.74 Å². The molecular formula is C12H15O2. The van der Waals surface area contributed by atoms with E-state index in [1.165, 1.54) is 0 Å². The van der Waals surface area contributed by atoms with Crippen LogP contribution in [0.3, 0.4) is 0 Å². The maximum Gasteiger partial charge on any atom is 0.204 e. The van der Waals surface area contributed by atoms with E-state index in [2.05, 4.69) is 0 Å². The van der Waals surface area contributed by atoms with Gasteiger partial charge in [-0.25, -0.2) is 0 Å². The van der Waals surface area contributed by atoms with Crippen LogP contribution in [0.5, 0.6) is 5.75 Å². The molecule has 0 atom stereocenters. The third-order valence-electron chi connectivity index (χ3n) is 2.08. The van der Waals surface area contributed by atoms with Crippen LogP contribution in [0.15, 0.2) is 24.3 Å². The number of benzene rings is 1. The molecule has 0 N–H and O–H groups in total. The highest BCUT2D eigenvalue weighted by Crippen LogP contribution is 2.20. The second-order valence-electron chi connectivity index (χ2n) is 4.01. The van der Waals surface area contributed by atoms with Crippen molar-refractivity contribution < 1.29 is 9.53 Å². The molecule has 75 valence electrons. The molecule has 2 nitrogen and oxygen atoms in total. The summed E-state index contributed by atoms with van der Waals surface area (Å²) in [4.78, 5) is 10.6. The van der Waals surface area contributed by atoms with E-state index in [1.807, 2.05) is 44.4 Å². The first kappa shape index (κ1) is 10.8. The summed E-state index contributed by atoms with van der Waals surface area (Å²) in [5, 5.41) is 0. The largest absolute Gasteiger partial charge is 0.497 e. The van der Waals surface area contributed by atoms with Gasteiger partial charge in [0.25, 0.3) is 0 Å². The molecule has 0 unspecified atom stereocenters. The molecule has 0 aliphatic carbocycles. The SMILES string of the molecule is COc1ccc(CC(C)(C)[C]=O)cc1. The molecule has 1 rings (SSSR count). The molecule has 0 aliphatic rings. The van der Waals surface area contributed by atoms with Gasteiger partial charge in [0.15, 0.2) is 0 Å².